The third-order valence-electron chi connectivity index (χ3n) is 5.00. The summed E-state index contributed by atoms with van der Waals surface area (Å²) in [4.78, 5) is 14.8. The Morgan fingerprint density at radius 1 is 1.15 bits per heavy atom. The van der Waals surface area contributed by atoms with Gasteiger partial charge in [-0.1, -0.05) is 30.3 Å². The zero-order chi connectivity index (χ0) is 17.9. The Kier molecular flexibility index (Phi) is 4.51. The summed E-state index contributed by atoms with van der Waals surface area (Å²) in [6, 6.07) is 14.0. The maximum atomic E-state index is 12.6. The van der Waals surface area contributed by atoms with Crippen molar-refractivity contribution < 1.29 is 4.79 Å². The molecule has 0 spiro atoms. The van der Waals surface area contributed by atoms with E-state index in [1.165, 1.54) is 0 Å². The van der Waals surface area contributed by atoms with Crippen molar-refractivity contribution >= 4 is 17.4 Å². The number of piperidine rings is 1. The number of anilines is 1. The molecule has 1 atom stereocenters. The molecule has 3 heterocycles. The molecule has 0 radical (unpaired) electrons. The van der Waals surface area contributed by atoms with Gasteiger partial charge in [0.25, 0.3) is 0 Å². The average Bonchev–Trinajstić information content (AvgIpc) is 3.16. The van der Waals surface area contributed by atoms with Gasteiger partial charge in [0.15, 0.2) is 5.65 Å². The monoisotopic (exact) mass is 350 g/mol. The number of hydrogen-bond donors (Lipinski definition) is 1. The highest BCUT2D eigenvalue weighted by Gasteiger charge is 2.26. The van der Waals surface area contributed by atoms with E-state index in [9.17, 15) is 4.79 Å². The van der Waals surface area contributed by atoms with Crippen molar-refractivity contribution in [3.63, 3.8) is 0 Å². The van der Waals surface area contributed by atoms with Crippen LogP contribution in [0.2, 0.25) is 0 Å². The third-order valence-corrected chi connectivity index (χ3v) is 5.00. The average molecular weight is 350 g/mol. The number of carbonyl (C=O) groups excluding carboxylic acids is 1. The molecule has 0 bridgehead atoms. The summed E-state index contributed by atoms with van der Waals surface area (Å²) in [6.07, 6.45) is 3.26. The number of aromatic nitrogens is 4. The number of nitrogens with one attached hydrogen (secondary N) is 1. The minimum Gasteiger partial charge on any atom is -0.355 e. The fourth-order valence-electron chi connectivity index (χ4n) is 3.41. The summed E-state index contributed by atoms with van der Waals surface area (Å²) in [6.45, 7) is 3.66. The molecule has 1 aromatic carbocycles. The van der Waals surface area contributed by atoms with Gasteiger partial charge >= 0.3 is 0 Å². The highest BCUT2D eigenvalue weighted by molar-refractivity contribution is 5.79. The van der Waals surface area contributed by atoms with E-state index in [1.807, 2.05) is 49.4 Å². The minimum atomic E-state index is 0.0274. The van der Waals surface area contributed by atoms with Gasteiger partial charge in [0, 0.05) is 19.0 Å². The largest absolute Gasteiger partial charge is 0.355 e. The topological polar surface area (TPSA) is 75.4 Å². The fraction of sp³-hybridized carbons (Fsp3) is 0.368. The molecule has 1 N–H and O–H groups in total. The smallest absolute Gasteiger partial charge is 0.223 e. The van der Waals surface area contributed by atoms with Gasteiger partial charge in [-0.15, -0.1) is 15.3 Å². The molecule has 4 rings (SSSR count). The molecule has 7 heteroatoms. The lowest BCUT2D eigenvalue weighted by Gasteiger charge is -2.32. The van der Waals surface area contributed by atoms with Crippen molar-refractivity contribution in [2.24, 2.45) is 5.92 Å². The lowest BCUT2D eigenvalue weighted by molar-refractivity contribution is -0.126. The van der Waals surface area contributed by atoms with E-state index in [4.69, 9.17) is 0 Å². The van der Waals surface area contributed by atoms with E-state index >= 15 is 0 Å². The van der Waals surface area contributed by atoms with Crippen LogP contribution in [0.1, 0.15) is 31.4 Å². The number of amides is 1. The summed E-state index contributed by atoms with van der Waals surface area (Å²) in [5.41, 5.74) is 1.86. The highest BCUT2D eigenvalue weighted by atomic mass is 16.1. The molecule has 1 amide bonds. The quantitative estimate of drug-likeness (QED) is 0.781. The second-order valence-corrected chi connectivity index (χ2v) is 6.73. The number of benzene rings is 1. The van der Waals surface area contributed by atoms with Gasteiger partial charge in [0.2, 0.25) is 5.91 Å². The van der Waals surface area contributed by atoms with Crippen LogP contribution in [-0.4, -0.2) is 38.8 Å². The van der Waals surface area contributed by atoms with E-state index < -0.39 is 0 Å². The first-order chi connectivity index (χ1) is 12.7. The highest BCUT2D eigenvalue weighted by Crippen LogP contribution is 2.23. The molecule has 1 fully saturated rings. The Balaban J connectivity index is 1.34. The Hall–Kier alpha value is -2.96. The molecule has 0 unspecified atom stereocenters. The zero-order valence-corrected chi connectivity index (χ0v) is 14.7. The number of rotatable bonds is 4. The molecule has 26 heavy (non-hydrogen) atoms. The van der Waals surface area contributed by atoms with Crippen molar-refractivity contribution in [1.82, 2.24) is 25.1 Å². The van der Waals surface area contributed by atoms with Crippen molar-refractivity contribution in [1.29, 1.82) is 0 Å². The predicted octanol–water partition coefficient (Wildman–Crippen LogP) is 2.22. The lowest BCUT2D eigenvalue weighted by atomic mass is 9.95. The van der Waals surface area contributed by atoms with Crippen LogP contribution in [-0.2, 0) is 4.79 Å². The maximum Gasteiger partial charge on any atom is 0.223 e. The molecule has 3 aromatic rings. The summed E-state index contributed by atoms with van der Waals surface area (Å²) in [5, 5.41) is 15.5. The van der Waals surface area contributed by atoms with Crippen LogP contribution in [0.3, 0.4) is 0 Å². The SMILES string of the molecule is C[C@@H](NC(=O)C1CCN(c2ccc3nncn3n2)CC1)c1ccccc1. The Morgan fingerprint density at radius 2 is 1.92 bits per heavy atom. The van der Waals surface area contributed by atoms with Gasteiger partial charge in [-0.2, -0.15) is 4.52 Å². The standard InChI is InChI=1S/C19H22N6O/c1-14(15-5-3-2-4-6-15)21-19(26)16-9-11-24(12-10-16)18-8-7-17-22-20-13-25(17)23-18/h2-8,13-14,16H,9-12H2,1H3,(H,21,26)/t14-/m1/s1. The van der Waals surface area contributed by atoms with Gasteiger partial charge < -0.3 is 10.2 Å². The van der Waals surface area contributed by atoms with E-state index in [1.54, 1.807) is 10.8 Å². The first-order valence-corrected chi connectivity index (χ1v) is 8.98. The summed E-state index contributed by atoms with van der Waals surface area (Å²) < 4.78 is 1.68. The Labute approximate surface area is 152 Å². The summed E-state index contributed by atoms with van der Waals surface area (Å²) in [5.74, 6) is 1.09. The van der Waals surface area contributed by atoms with Crippen LogP contribution in [0.5, 0.6) is 0 Å². The molecule has 0 aliphatic carbocycles. The first kappa shape index (κ1) is 16.5. The van der Waals surface area contributed by atoms with Gasteiger partial charge in [0.05, 0.1) is 6.04 Å². The number of nitrogens with zero attached hydrogens (tertiary/aromatic N) is 5. The summed E-state index contributed by atoms with van der Waals surface area (Å²) in [7, 11) is 0. The normalized spacial score (nSPS) is 16.6. The van der Waals surface area contributed by atoms with Crippen LogP contribution in [0.4, 0.5) is 5.82 Å². The van der Waals surface area contributed by atoms with Crippen molar-refractivity contribution in [3.05, 3.63) is 54.4 Å². The molecule has 134 valence electrons. The molecule has 7 nitrogen and oxygen atoms in total. The van der Waals surface area contributed by atoms with E-state index in [0.29, 0.717) is 0 Å². The van der Waals surface area contributed by atoms with Gasteiger partial charge in [-0.05, 0) is 37.5 Å². The number of carbonyl (C=O) groups is 1. The Morgan fingerprint density at radius 3 is 2.69 bits per heavy atom. The second kappa shape index (κ2) is 7.11. The van der Waals surface area contributed by atoms with Crippen LogP contribution in [0.25, 0.3) is 5.65 Å². The molecule has 1 aliphatic heterocycles. The van der Waals surface area contributed by atoms with E-state index in [2.05, 4.69) is 25.5 Å². The van der Waals surface area contributed by atoms with Crippen LogP contribution in [0, 0.1) is 5.92 Å². The Bertz CT molecular complexity index is 885. The van der Waals surface area contributed by atoms with Gasteiger partial charge in [-0.3, -0.25) is 4.79 Å². The predicted molar refractivity (Wildman–Crippen MR) is 98.7 cm³/mol. The fourth-order valence-corrected chi connectivity index (χ4v) is 3.41. The number of fused-ring (bicyclic) bond motifs is 1. The first-order valence-electron chi connectivity index (χ1n) is 8.98. The number of hydrogen-bond acceptors (Lipinski definition) is 5. The maximum absolute atomic E-state index is 12.6. The third kappa shape index (κ3) is 3.37. The van der Waals surface area contributed by atoms with Crippen molar-refractivity contribution in [2.45, 2.75) is 25.8 Å². The molecular weight excluding hydrogens is 328 g/mol. The zero-order valence-electron chi connectivity index (χ0n) is 14.7. The molecule has 1 saturated heterocycles. The van der Waals surface area contributed by atoms with E-state index in [0.717, 1.165) is 43.0 Å². The van der Waals surface area contributed by atoms with Gasteiger partial charge in [-0.25, -0.2) is 0 Å². The van der Waals surface area contributed by atoms with Crippen molar-refractivity contribution in [2.75, 3.05) is 18.0 Å². The summed E-state index contributed by atoms with van der Waals surface area (Å²) >= 11 is 0. The molecule has 1 aliphatic rings. The molecule has 0 saturated carbocycles. The van der Waals surface area contributed by atoms with Gasteiger partial charge in [0.1, 0.15) is 12.1 Å². The van der Waals surface area contributed by atoms with Crippen molar-refractivity contribution in [3.8, 4) is 0 Å². The minimum absolute atomic E-state index is 0.0274. The second-order valence-electron chi connectivity index (χ2n) is 6.73. The molecular formula is C19H22N6O. The van der Waals surface area contributed by atoms with E-state index in [-0.39, 0.29) is 17.9 Å². The van der Waals surface area contributed by atoms with Crippen LogP contribution < -0.4 is 10.2 Å². The van der Waals surface area contributed by atoms with Crippen LogP contribution in [0.15, 0.2) is 48.8 Å². The lowest BCUT2D eigenvalue weighted by Crippen LogP contribution is -2.41. The van der Waals surface area contributed by atoms with Crippen LogP contribution >= 0.6 is 0 Å². The molecule has 2 aromatic heterocycles.